The predicted molar refractivity (Wildman–Crippen MR) is 123 cm³/mol. The molecule has 0 bridgehead atoms. The molecule has 0 aromatic heterocycles. The first-order valence-electron chi connectivity index (χ1n) is 11.3. The van der Waals surface area contributed by atoms with Crippen molar-refractivity contribution in [3.63, 3.8) is 0 Å². The molecule has 0 unspecified atom stereocenters. The van der Waals surface area contributed by atoms with Gasteiger partial charge >= 0.3 is 5.97 Å². The maximum Gasteiger partial charge on any atom is 0.337 e. The minimum Gasteiger partial charge on any atom is -0.465 e. The first-order valence-corrected chi connectivity index (χ1v) is 11.3. The van der Waals surface area contributed by atoms with Crippen molar-refractivity contribution < 1.29 is 33.3 Å². The molecular formula is C26H30FNO6. The number of esters is 1. The Morgan fingerprint density at radius 3 is 2.44 bits per heavy atom. The van der Waals surface area contributed by atoms with Crippen molar-refractivity contribution in [2.45, 2.75) is 38.5 Å². The number of carbonyl (C=O) groups is 2. The van der Waals surface area contributed by atoms with Crippen LogP contribution in [-0.2, 0) is 25.5 Å². The lowest BCUT2D eigenvalue weighted by Gasteiger charge is -2.37. The third kappa shape index (κ3) is 6.42. The summed E-state index contributed by atoms with van der Waals surface area (Å²) in [5.74, 6) is -1.45. The van der Waals surface area contributed by atoms with Gasteiger partial charge in [-0.05, 0) is 61.2 Å². The highest BCUT2D eigenvalue weighted by Gasteiger charge is 2.37. The van der Waals surface area contributed by atoms with Crippen LogP contribution in [0.15, 0.2) is 60.4 Å². The molecule has 2 aromatic rings. The highest BCUT2D eigenvalue weighted by Crippen LogP contribution is 2.39. The van der Waals surface area contributed by atoms with E-state index in [1.807, 2.05) is 19.1 Å². The summed E-state index contributed by atoms with van der Waals surface area (Å²) >= 11 is 0. The first-order chi connectivity index (χ1) is 16.5. The van der Waals surface area contributed by atoms with Crippen molar-refractivity contribution in [2.75, 3.05) is 20.3 Å². The molecule has 0 aliphatic carbocycles. The first kappa shape index (κ1) is 25.4. The lowest BCUT2D eigenvalue weighted by molar-refractivity contribution is -0.166. The molecule has 3 rings (SSSR count). The van der Waals surface area contributed by atoms with Gasteiger partial charge in [0.15, 0.2) is 5.76 Å². The van der Waals surface area contributed by atoms with Gasteiger partial charge in [-0.1, -0.05) is 24.3 Å². The fourth-order valence-corrected chi connectivity index (χ4v) is 3.98. The number of ether oxygens (including phenoxy) is 3. The summed E-state index contributed by atoms with van der Waals surface area (Å²) in [5, 5.41) is 12.2. The number of halogens is 1. The van der Waals surface area contributed by atoms with Gasteiger partial charge in [-0.3, -0.25) is 4.79 Å². The summed E-state index contributed by atoms with van der Waals surface area (Å²) in [6.07, 6.45) is 2.24. The zero-order valence-electron chi connectivity index (χ0n) is 19.3. The Balaban J connectivity index is 1.87. The van der Waals surface area contributed by atoms with Crippen molar-refractivity contribution in [3.8, 4) is 0 Å². The fraction of sp³-hybridized carbons (Fsp3) is 0.385. The molecule has 1 heterocycles. The van der Waals surface area contributed by atoms with Crippen LogP contribution in [0.2, 0.25) is 0 Å². The Bertz CT molecular complexity index is 989. The van der Waals surface area contributed by atoms with E-state index in [4.69, 9.17) is 14.2 Å². The number of hydrogen-bond donors (Lipinski definition) is 2. The van der Waals surface area contributed by atoms with Gasteiger partial charge in [0.25, 0.3) is 5.91 Å². The highest BCUT2D eigenvalue weighted by molar-refractivity contribution is 5.92. The SMILES string of the molecule is CCO[C@H]1OC(C(=O)NCc2ccc(F)cc2)=C[C@@H](c2ccc(C(=O)OC)cc2)[C@@H]1CCCO. The summed E-state index contributed by atoms with van der Waals surface area (Å²) in [5.41, 5.74) is 2.06. The van der Waals surface area contributed by atoms with Crippen molar-refractivity contribution in [1.82, 2.24) is 5.32 Å². The van der Waals surface area contributed by atoms with E-state index in [0.717, 1.165) is 11.1 Å². The topological polar surface area (TPSA) is 94.1 Å². The summed E-state index contributed by atoms with van der Waals surface area (Å²) in [6, 6.07) is 12.9. The van der Waals surface area contributed by atoms with Gasteiger partial charge in [-0.25, -0.2) is 9.18 Å². The fourth-order valence-electron chi connectivity index (χ4n) is 3.98. The summed E-state index contributed by atoms with van der Waals surface area (Å²) < 4.78 is 29.7. The summed E-state index contributed by atoms with van der Waals surface area (Å²) in [4.78, 5) is 24.7. The standard InChI is InChI=1S/C26H30FNO6/c1-3-33-26-21(5-4-14-29)22(18-8-10-19(11-9-18)25(31)32-2)15-23(34-26)24(30)28-16-17-6-12-20(27)13-7-17/h6-13,15,21-22,26,29H,3-5,14,16H2,1-2H3,(H,28,30)/t21-,22-,26-/m0/s1. The van der Waals surface area contributed by atoms with Crippen LogP contribution >= 0.6 is 0 Å². The van der Waals surface area contributed by atoms with Crippen LogP contribution in [-0.4, -0.2) is 43.6 Å². The summed E-state index contributed by atoms with van der Waals surface area (Å²) in [6.45, 7) is 2.47. The van der Waals surface area contributed by atoms with Crippen molar-refractivity contribution in [3.05, 3.63) is 82.9 Å². The minimum absolute atomic E-state index is 0.0259. The van der Waals surface area contributed by atoms with Gasteiger partial charge in [0.2, 0.25) is 6.29 Å². The Morgan fingerprint density at radius 2 is 1.82 bits per heavy atom. The smallest absolute Gasteiger partial charge is 0.337 e. The molecule has 2 N–H and O–H groups in total. The van der Waals surface area contributed by atoms with Crippen LogP contribution in [0.25, 0.3) is 0 Å². The van der Waals surface area contributed by atoms with E-state index in [-0.39, 0.29) is 36.6 Å². The molecule has 0 spiro atoms. The van der Waals surface area contributed by atoms with Gasteiger partial charge < -0.3 is 24.6 Å². The second-order valence-corrected chi connectivity index (χ2v) is 7.95. The lowest BCUT2D eigenvalue weighted by Crippen LogP contribution is -2.39. The van der Waals surface area contributed by atoms with E-state index in [9.17, 15) is 19.1 Å². The molecule has 0 radical (unpaired) electrons. The number of allylic oxidation sites excluding steroid dienone is 1. The maximum absolute atomic E-state index is 13.1. The van der Waals surface area contributed by atoms with Gasteiger partial charge in [-0.15, -0.1) is 0 Å². The number of aliphatic hydroxyl groups is 1. The van der Waals surface area contributed by atoms with E-state index in [2.05, 4.69) is 5.32 Å². The van der Waals surface area contributed by atoms with Crippen LogP contribution in [0.4, 0.5) is 4.39 Å². The van der Waals surface area contributed by atoms with Crippen molar-refractivity contribution in [1.29, 1.82) is 0 Å². The molecular weight excluding hydrogens is 441 g/mol. The van der Waals surface area contributed by atoms with E-state index >= 15 is 0 Å². The second kappa shape index (κ2) is 12.3. The minimum atomic E-state index is -0.682. The van der Waals surface area contributed by atoms with Gasteiger partial charge in [0.1, 0.15) is 5.82 Å². The number of rotatable bonds is 10. The number of methoxy groups -OCH3 is 1. The van der Waals surface area contributed by atoms with Crippen LogP contribution in [0.3, 0.4) is 0 Å². The molecule has 0 saturated carbocycles. The molecule has 0 saturated heterocycles. The van der Waals surface area contributed by atoms with Gasteiger partial charge in [0.05, 0.1) is 12.7 Å². The quantitative estimate of drug-likeness (QED) is 0.514. The second-order valence-electron chi connectivity index (χ2n) is 7.95. The Hall–Kier alpha value is -3.23. The normalized spacial score (nSPS) is 19.6. The Kier molecular flexibility index (Phi) is 9.18. The molecule has 182 valence electrons. The monoisotopic (exact) mass is 471 g/mol. The molecule has 7 nitrogen and oxygen atoms in total. The number of carbonyl (C=O) groups excluding carboxylic acids is 2. The summed E-state index contributed by atoms with van der Waals surface area (Å²) in [7, 11) is 1.33. The molecule has 1 amide bonds. The van der Waals surface area contributed by atoms with Crippen LogP contribution < -0.4 is 5.32 Å². The van der Waals surface area contributed by atoms with E-state index in [0.29, 0.717) is 25.0 Å². The van der Waals surface area contributed by atoms with Crippen molar-refractivity contribution >= 4 is 11.9 Å². The average Bonchev–Trinajstić information content (AvgIpc) is 2.86. The number of nitrogens with one attached hydrogen (secondary N) is 1. The molecule has 0 fully saturated rings. The molecule has 3 atom stereocenters. The van der Waals surface area contributed by atoms with E-state index < -0.39 is 18.2 Å². The zero-order chi connectivity index (χ0) is 24.5. The lowest BCUT2D eigenvalue weighted by atomic mass is 9.80. The number of hydrogen-bond acceptors (Lipinski definition) is 6. The predicted octanol–water partition coefficient (Wildman–Crippen LogP) is 3.68. The molecule has 8 heteroatoms. The molecule has 2 aromatic carbocycles. The highest BCUT2D eigenvalue weighted by atomic mass is 19.1. The van der Waals surface area contributed by atoms with Crippen LogP contribution in [0.1, 0.15) is 47.2 Å². The Morgan fingerprint density at radius 1 is 1.12 bits per heavy atom. The van der Waals surface area contributed by atoms with E-state index in [1.165, 1.54) is 19.2 Å². The number of aliphatic hydroxyl groups excluding tert-OH is 1. The molecule has 34 heavy (non-hydrogen) atoms. The van der Waals surface area contributed by atoms with Crippen molar-refractivity contribution in [2.24, 2.45) is 5.92 Å². The average molecular weight is 472 g/mol. The van der Waals surface area contributed by atoms with Gasteiger partial charge in [0, 0.05) is 31.6 Å². The van der Waals surface area contributed by atoms with E-state index in [1.54, 1.807) is 30.3 Å². The van der Waals surface area contributed by atoms with Crippen LogP contribution in [0, 0.1) is 11.7 Å². The third-order valence-electron chi connectivity index (χ3n) is 5.72. The maximum atomic E-state index is 13.1. The van der Waals surface area contributed by atoms with Crippen LogP contribution in [0.5, 0.6) is 0 Å². The number of benzene rings is 2. The zero-order valence-corrected chi connectivity index (χ0v) is 19.3. The largest absolute Gasteiger partial charge is 0.465 e. The third-order valence-corrected chi connectivity index (χ3v) is 5.72. The number of amides is 1. The molecule has 1 aliphatic rings. The Labute approximate surface area is 198 Å². The molecule has 1 aliphatic heterocycles. The van der Waals surface area contributed by atoms with Gasteiger partial charge in [-0.2, -0.15) is 0 Å².